The van der Waals surface area contributed by atoms with E-state index in [0.717, 1.165) is 0 Å². The third-order valence-electron chi connectivity index (χ3n) is 3.30. The molecule has 0 bridgehead atoms. The molecule has 1 unspecified atom stereocenters. The first-order valence-corrected chi connectivity index (χ1v) is 6.30. The van der Waals surface area contributed by atoms with E-state index in [0.29, 0.717) is 25.9 Å². The first-order valence-electron chi connectivity index (χ1n) is 6.30. The van der Waals surface area contributed by atoms with Crippen LogP contribution in [0.3, 0.4) is 0 Å². The standard InChI is InChI=1S/C13H23NO4/c1-6-13(10(15)17-5)7-8-14(9-13)11(16)18-12(2,3)4/h6-9H2,1-5H3. The fraction of sp³-hybridized carbons (Fsp3) is 0.846. The highest BCUT2D eigenvalue weighted by molar-refractivity contribution is 5.79. The Hall–Kier alpha value is -1.26. The van der Waals surface area contributed by atoms with Crippen LogP contribution in [-0.2, 0) is 14.3 Å². The molecule has 1 fully saturated rings. The second kappa shape index (κ2) is 5.16. The summed E-state index contributed by atoms with van der Waals surface area (Å²) in [6.45, 7) is 8.34. The molecule has 5 nitrogen and oxygen atoms in total. The summed E-state index contributed by atoms with van der Waals surface area (Å²) in [4.78, 5) is 25.3. The SMILES string of the molecule is CCC1(C(=O)OC)CCN(C(=O)OC(C)(C)C)C1. The molecule has 104 valence electrons. The maximum absolute atomic E-state index is 11.9. The number of esters is 1. The molecule has 1 amide bonds. The van der Waals surface area contributed by atoms with Crippen molar-refractivity contribution in [3.05, 3.63) is 0 Å². The molecular weight excluding hydrogens is 234 g/mol. The van der Waals surface area contributed by atoms with Crippen LogP contribution < -0.4 is 0 Å². The predicted octanol–water partition coefficient (Wildman–Crippen LogP) is 2.20. The number of carbonyl (C=O) groups is 2. The van der Waals surface area contributed by atoms with Gasteiger partial charge in [0.1, 0.15) is 5.60 Å². The van der Waals surface area contributed by atoms with Crippen LogP contribution >= 0.6 is 0 Å². The summed E-state index contributed by atoms with van der Waals surface area (Å²) in [5.41, 5.74) is -1.08. The smallest absolute Gasteiger partial charge is 0.410 e. The van der Waals surface area contributed by atoms with Crippen LogP contribution in [0.2, 0.25) is 0 Å². The van der Waals surface area contributed by atoms with Crippen LogP contribution in [0.5, 0.6) is 0 Å². The first-order chi connectivity index (χ1) is 8.24. The largest absolute Gasteiger partial charge is 0.469 e. The van der Waals surface area contributed by atoms with Crippen molar-refractivity contribution in [1.82, 2.24) is 4.90 Å². The highest BCUT2D eigenvalue weighted by atomic mass is 16.6. The van der Waals surface area contributed by atoms with Crippen molar-refractivity contribution in [2.75, 3.05) is 20.2 Å². The lowest BCUT2D eigenvalue weighted by Crippen LogP contribution is -2.39. The molecule has 18 heavy (non-hydrogen) atoms. The second-order valence-corrected chi connectivity index (χ2v) is 5.78. The number of hydrogen-bond donors (Lipinski definition) is 0. The Morgan fingerprint density at radius 2 is 1.94 bits per heavy atom. The van der Waals surface area contributed by atoms with Crippen LogP contribution in [0.1, 0.15) is 40.5 Å². The van der Waals surface area contributed by atoms with E-state index in [1.54, 1.807) is 4.90 Å². The van der Waals surface area contributed by atoms with E-state index in [2.05, 4.69) is 0 Å². The van der Waals surface area contributed by atoms with Crippen LogP contribution in [0.15, 0.2) is 0 Å². The van der Waals surface area contributed by atoms with Gasteiger partial charge < -0.3 is 14.4 Å². The van der Waals surface area contributed by atoms with Crippen LogP contribution in [0, 0.1) is 5.41 Å². The van der Waals surface area contributed by atoms with Crippen molar-refractivity contribution < 1.29 is 19.1 Å². The van der Waals surface area contributed by atoms with Crippen molar-refractivity contribution >= 4 is 12.1 Å². The number of carbonyl (C=O) groups excluding carboxylic acids is 2. The Kier molecular flexibility index (Phi) is 4.24. The lowest BCUT2D eigenvalue weighted by molar-refractivity contribution is -0.152. The van der Waals surface area contributed by atoms with Crippen molar-refractivity contribution in [3.63, 3.8) is 0 Å². The van der Waals surface area contributed by atoms with E-state index >= 15 is 0 Å². The second-order valence-electron chi connectivity index (χ2n) is 5.78. The number of methoxy groups -OCH3 is 1. The molecule has 1 aliphatic heterocycles. The zero-order valence-electron chi connectivity index (χ0n) is 11.9. The summed E-state index contributed by atoms with van der Waals surface area (Å²) in [7, 11) is 1.38. The maximum atomic E-state index is 11.9. The Labute approximate surface area is 108 Å². The molecule has 1 aliphatic rings. The van der Waals surface area contributed by atoms with Crippen LogP contribution in [0.25, 0.3) is 0 Å². The lowest BCUT2D eigenvalue weighted by atomic mass is 9.84. The van der Waals surface area contributed by atoms with Gasteiger partial charge in [0.25, 0.3) is 0 Å². The van der Waals surface area contributed by atoms with Gasteiger partial charge in [0.15, 0.2) is 0 Å². The van der Waals surface area contributed by atoms with Gasteiger partial charge in [0.05, 0.1) is 12.5 Å². The van der Waals surface area contributed by atoms with Gasteiger partial charge in [0.2, 0.25) is 0 Å². The summed E-state index contributed by atoms with van der Waals surface area (Å²) < 4.78 is 10.1. The number of hydrogen-bond acceptors (Lipinski definition) is 4. The summed E-state index contributed by atoms with van der Waals surface area (Å²) in [5, 5.41) is 0. The summed E-state index contributed by atoms with van der Waals surface area (Å²) in [5.74, 6) is -0.240. The minimum Gasteiger partial charge on any atom is -0.469 e. The number of amides is 1. The Morgan fingerprint density at radius 1 is 1.33 bits per heavy atom. The fourth-order valence-corrected chi connectivity index (χ4v) is 2.17. The molecule has 0 aromatic heterocycles. The topological polar surface area (TPSA) is 55.8 Å². The molecule has 1 rings (SSSR count). The molecule has 0 spiro atoms. The summed E-state index contributed by atoms with van der Waals surface area (Å²) in [6.07, 6.45) is 0.940. The van der Waals surface area contributed by atoms with Crippen molar-refractivity contribution in [2.45, 2.75) is 46.1 Å². The monoisotopic (exact) mass is 257 g/mol. The number of likely N-dealkylation sites (tertiary alicyclic amines) is 1. The van der Waals surface area contributed by atoms with E-state index in [-0.39, 0.29) is 12.1 Å². The Bertz CT molecular complexity index is 334. The molecule has 1 saturated heterocycles. The summed E-state index contributed by atoms with van der Waals surface area (Å²) >= 11 is 0. The molecule has 5 heteroatoms. The quantitative estimate of drug-likeness (QED) is 0.712. The molecule has 0 aromatic carbocycles. The van der Waals surface area contributed by atoms with Gasteiger partial charge in [-0.15, -0.1) is 0 Å². The van der Waals surface area contributed by atoms with Crippen LogP contribution in [-0.4, -0.2) is 42.8 Å². The zero-order valence-corrected chi connectivity index (χ0v) is 11.9. The Morgan fingerprint density at radius 3 is 2.39 bits per heavy atom. The minimum atomic E-state index is -0.564. The summed E-state index contributed by atoms with van der Waals surface area (Å²) in [6, 6.07) is 0. The molecule has 0 aliphatic carbocycles. The number of nitrogens with zero attached hydrogens (tertiary/aromatic N) is 1. The fourth-order valence-electron chi connectivity index (χ4n) is 2.17. The van der Waals surface area contributed by atoms with Crippen molar-refractivity contribution in [1.29, 1.82) is 0 Å². The van der Waals surface area contributed by atoms with Gasteiger partial charge in [-0.2, -0.15) is 0 Å². The first kappa shape index (κ1) is 14.8. The van der Waals surface area contributed by atoms with E-state index in [1.165, 1.54) is 7.11 Å². The molecule has 0 aromatic rings. The van der Waals surface area contributed by atoms with Gasteiger partial charge in [-0.3, -0.25) is 4.79 Å². The number of ether oxygens (including phenoxy) is 2. The third kappa shape index (κ3) is 3.15. The Balaban J connectivity index is 2.70. The normalized spacial score (nSPS) is 23.9. The maximum Gasteiger partial charge on any atom is 0.410 e. The van der Waals surface area contributed by atoms with Gasteiger partial charge in [0, 0.05) is 13.1 Å². The van der Waals surface area contributed by atoms with Crippen molar-refractivity contribution in [2.24, 2.45) is 5.41 Å². The molecule has 0 saturated carbocycles. The minimum absolute atomic E-state index is 0.240. The van der Waals surface area contributed by atoms with Gasteiger partial charge in [-0.1, -0.05) is 6.92 Å². The average Bonchev–Trinajstić information content (AvgIpc) is 2.71. The lowest BCUT2D eigenvalue weighted by Gasteiger charge is -2.27. The molecule has 1 heterocycles. The van der Waals surface area contributed by atoms with Gasteiger partial charge >= 0.3 is 12.1 Å². The van der Waals surface area contributed by atoms with Crippen LogP contribution in [0.4, 0.5) is 4.79 Å². The molecule has 0 N–H and O–H groups in total. The molecular formula is C13H23NO4. The van der Waals surface area contributed by atoms with E-state index in [9.17, 15) is 9.59 Å². The number of rotatable bonds is 2. The molecule has 1 atom stereocenters. The zero-order chi connectivity index (χ0) is 14.0. The predicted molar refractivity (Wildman–Crippen MR) is 67.2 cm³/mol. The van der Waals surface area contributed by atoms with Gasteiger partial charge in [-0.05, 0) is 33.6 Å². The highest BCUT2D eigenvalue weighted by Gasteiger charge is 2.46. The van der Waals surface area contributed by atoms with E-state index in [1.807, 2.05) is 27.7 Å². The van der Waals surface area contributed by atoms with Gasteiger partial charge in [-0.25, -0.2) is 4.79 Å². The van der Waals surface area contributed by atoms with E-state index in [4.69, 9.17) is 9.47 Å². The average molecular weight is 257 g/mol. The molecule has 0 radical (unpaired) electrons. The van der Waals surface area contributed by atoms with E-state index < -0.39 is 11.0 Å². The third-order valence-corrected chi connectivity index (χ3v) is 3.30. The highest BCUT2D eigenvalue weighted by Crippen LogP contribution is 2.35. The van der Waals surface area contributed by atoms with Crippen molar-refractivity contribution in [3.8, 4) is 0 Å².